The molecule has 1 aliphatic rings. The lowest BCUT2D eigenvalue weighted by Gasteiger charge is -2.34. The van der Waals surface area contributed by atoms with Crippen LogP contribution in [0.4, 0.5) is 0 Å². The highest BCUT2D eigenvalue weighted by molar-refractivity contribution is 7.89. The van der Waals surface area contributed by atoms with E-state index in [1.165, 1.54) is 5.38 Å². The highest BCUT2D eigenvalue weighted by Gasteiger charge is 2.33. The smallest absolute Gasteiger partial charge is 0.345 e. The predicted molar refractivity (Wildman–Crippen MR) is 79.0 cm³/mol. The summed E-state index contributed by atoms with van der Waals surface area (Å²) in [5, 5.41) is 20.5. The Morgan fingerprint density at radius 2 is 2.10 bits per heavy atom. The minimum atomic E-state index is -3.79. The van der Waals surface area contributed by atoms with E-state index in [-0.39, 0.29) is 16.3 Å². The zero-order valence-electron chi connectivity index (χ0n) is 11.7. The molecular weight excluding hydrogens is 314 g/mol. The summed E-state index contributed by atoms with van der Waals surface area (Å²) in [6, 6.07) is 1.13. The second kappa shape index (κ2) is 6.04. The van der Waals surface area contributed by atoms with E-state index >= 15 is 0 Å². The van der Waals surface area contributed by atoms with Gasteiger partial charge in [-0.1, -0.05) is 6.92 Å². The highest BCUT2D eigenvalue weighted by Crippen LogP contribution is 2.31. The molecule has 0 radical (unpaired) electrons. The van der Waals surface area contributed by atoms with Crippen LogP contribution in [0.2, 0.25) is 0 Å². The van der Waals surface area contributed by atoms with Crippen molar-refractivity contribution in [1.29, 1.82) is 0 Å². The third kappa shape index (κ3) is 4.03. The number of nitrogens with one attached hydrogen (secondary N) is 1. The summed E-state index contributed by atoms with van der Waals surface area (Å²) in [6.07, 6.45) is 2.89. The van der Waals surface area contributed by atoms with Gasteiger partial charge in [-0.25, -0.2) is 17.9 Å². The fourth-order valence-electron chi connectivity index (χ4n) is 2.36. The minimum absolute atomic E-state index is 0.0272. The maximum atomic E-state index is 12.1. The van der Waals surface area contributed by atoms with Crippen LogP contribution in [0.25, 0.3) is 0 Å². The van der Waals surface area contributed by atoms with Gasteiger partial charge in [0.2, 0.25) is 10.0 Å². The zero-order chi connectivity index (χ0) is 15.7. The van der Waals surface area contributed by atoms with Crippen LogP contribution in [0.1, 0.15) is 42.3 Å². The molecule has 1 aliphatic carbocycles. The summed E-state index contributed by atoms with van der Waals surface area (Å²) in [5.41, 5.74) is -1.01. The lowest BCUT2D eigenvalue weighted by Crippen LogP contribution is -2.45. The average molecular weight is 333 g/mol. The Morgan fingerprint density at radius 3 is 2.62 bits per heavy atom. The van der Waals surface area contributed by atoms with Gasteiger partial charge in [0.1, 0.15) is 4.88 Å². The first kappa shape index (κ1) is 16.4. The first-order chi connectivity index (χ1) is 9.72. The Labute approximate surface area is 127 Å². The SMILES string of the molecule is CC1CCC(O)(CNS(=O)(=O)c2csc(C(=O)O)c2)CC1. The van der Waals surface area contributed by atoms with Crippen molar-refractivity contribution in [2.75, 3.05) is 6.54 Å². The molecule has 21 heavy (non-hydrogen) atoms. The molecular formula is C13H19NO5S2. The number of sulfonamides is 1. The van der Waals surface area contributed by atoms with Crippen molar-refractivity contribution in [2.45, 2.75) is 43.1 Å². The molecule has 1 heterocycles. The molecule has 0 spiro atoms. The Balaban J connectivity index is 2.02. The van der Waals surface area contributed by atoms with Gasteiger partial charge in [0.05, 0.1) is 10.5 Å². The summed E-state index contributed by atoms with van der Waals surface area (Å²) < 4.78 is 26.6. The van der Waals surface area contributed by atoms with E-state index in [0.29, 0.717) is 18.8 Å². The number of hydrogen-bond donors (Lipinski definition) is 3. The summed E-state index contributed by atoms with van der Waals surface area (Å²) in [5.74, 6) is -0.599. The van der Waals surface area contributed by atoms with Crippen LogP contribution < -0.4 is 4.72 Å². The topological polar surface area (TPSA) is 104 Å². The third-order valence-electron chi connectivity index (χ3n) is 3.89. The number of rotatable bonds is 5. The minimum Gasteiger partial charge on any atom is -0.477 e. The fourth-order valence-corrected chi connectivity index (χ4v) is 4.59. The second-order valence-corrected chi connectivity index (χ2v) is 8.36. The molecule has 8 heteroatoms. The van der Waals surface area contributed by atoms with Gasteiger partial charge in [-0.3, -0.25) is 0 Å². The summed E-state index contributed by atoms with van der Waals surface area (Å²) >= 11 is 0.864. The summed E-state index contributed by atoms with van der Waals surface area (Å²) in [6.45, 7) is 2.07. The highest BCUT2D eigenvalue weighted by atomic mass is 32.2. The standard InChI is InChI=1S/C13H19NO5S2/c1-9-2-4-13(17,5-3-9)8-14-21(18,19)10-6-11(12(15)16)20-7-10/h6-7,9,14,17H,2-5,8H2,1H3,(H,15,16). The van der Waals surface area contributed by atoms with Gasteiger partial charge >= 0.3 is 5.97 Å². The van der Waals surface area contributed by atoms with E-state index in [9.17, 15) is 18.3 Å². The van der Waals surface area contributed by atoms with Gasteiger partial charge in [0, 0.05) is 11.9 Å². The number of hydrogen-bond acceptors (Lipinski definition) is 5. The van der Waals surface area contributed by atoms with E-state index in [0.717, 1.165) is 30.2 Å². The molecule has 1 aromatic rings. The van der Waals surface area contributed by atoms with Crippen molar-refractivity contribution in [3.8, 4) is 0 Å². The molecule has 0 atom stereocenters. The van der Waals surface area contributed by atoms with E-state index < -0.39 is 21.6 Å². The lowest BCUT2D eigenvalue weighted by molar-refractivity contribution is -0.00183. The van der Waals surface area contributed by atoms with E-state index in [2.05, 4.69) is 11.6 Å². The quantitative estimate of drug-likeness (QED) is 0.760. The Morgan fingerprint density at radius 1 is 1.48 bits per heavy atom. The normalized spacial score (nSPS) is 26.7. The van der Waals surface area contributed by atoms with Crippen LogP contribution in [0.5, 0.6) is 0 Å². The van der Waals surface area contributed by atoms with Crippen molar-refractivity contribution < 1.29 is 23.4 Å². The van der Waals surface area contributed by atoms with Gasteiger partial charge in [-0.15, -0.1) is 11.3 Å². The first-order valence-electron chi connectivity index (χ1n) is 6.76. The molecule has 3 N–H and O–H groups in total. The predicted octanol–water partition coefficient (Wildman–Crippen LogP) is 1.67. The maximum absolute atomic E-state index is 12.1. The monoisotopic (exact) mass is 333 g/mol. The van der Waals surface area contributed by atoms with Gasteiger partial charge in [-0.2, -0.15) is 0 Å². The third-order valence-corrected chi connectivity index (χ3v) is 6.34. The zero-order valence-corrected chi connectivity index (χ0v) is 13.3. The fraction of sp³-hybridized carbons (Fsp3) is 0.615. The van der Waals surface area contributed by atoms with Crippen molar-refractivity contribution in [3.05, 3.63) is 16.3 Å². The molecule has 0 saturated heterocycles. The van der Waals surface area contributed by atoms with Crippen molar-refractivity contribution in [3.63, 3.8) is 0 Å². The molecule has 6 nitrogen and oxygen atoms in total. The molecule has 0 aliphatic heterocycles. The van der Waals surface area contributed by atoms with Crippen molar-refractivity contribution in [2.24, 2.45) is 5.92 Å². The van der Waals surface area contributed by atoms with Gasteiger partial charge in [0.25, 0.3) is 0 Å². The molecule has 0 aromatic carbocycles. The summed E-state index contributed by atoms with van der Waals surface area (Å²) in [7, 11) is -3.79. The van der Waals surface area contributed by atoms with Crippen LogP contribution >= 0.6 is 11.3 Å². The molecule has 0 amide bonds. The van der Waals surface area contributed by atoms with Crippen LogP contribution in [-0.4, -0.2) is 36.7 Å². The van der Waals surface area contributed by atoms with Crippen LogP contribution in [0, 0.1) is 5.92 Å². The van der Waals surface area contributed by atoms with Crippen LogP contribution in [0.15, 0.2) is 16.3 Å². The molecule has 1 fully saturated rings. The number of carboxylic acids is 1. The Kier molecular flexibility index (Phi) is 4.72. The number of aromatic carboxylic acids is 1. The molecule has 1 aromatic heterocycles. The molecule has 0 bridgehead atoms. The lowest BCUT2D eigenvalue weighted by atomic mass is 9.80. The molecule has 0 unspecified atom stereocenters. The van der Waals surface area contributed by atoms with E-state index in [1.54, 1.807) is 0 Å². The summed E-state index contributed by atoms with van der Waals surface area (Å²) in [4.78, 5) is 10.7. The van der Waals surface area contributed by atoms with Crippen LogP contribution in [-0.2, 0) is 10.0 Å². The van der Waals surface area contributed by atoms with Crippen molar-refractivity contribution in [1.82, 2.24) is 4.72 Å². The Hall–Kier alpha value is -0.960. The number of carboxylic acid groups (broad SMARTS) is 1. The van der Waals surface area contributed by atoms with Crippen molar-refractivity contribution >= 4 is 27.3 Å². The number of aliphatic hydroxyl groups is 1. The number of thiophene rings is 1. The second-order valence-electron chi connectivity index (χ2n) is 5.68. The molecule has 2 rings (SSSR count). The van der Waals surface area contributed by atoms with Crippen LogP contribution in [0.3, 0.4) is 0 Å². The van der Waals surface area contributed by atoms with Gasteiger partial charge in [0.15, 0.2) is 0 Å². The van der Waals surface area contributed by atoms with Gasteiger partial charge in [-0.05, 0) is 37.7 Å². The van der Waals surface area contributed by atoms with E-state index in [4.69, 9.17) is 5.11 Å². The molecule has 1 saturated carbocycles. The van der Waals surface area contributed by atoms with Gasteiger partial charge < -0.3 is 10.2 Å². The average Bonchev–Trinajstić information content (AvgIpc) is 2.91. The largest absolute Gasteiger partial charge is 0.477 e. The number of carbonyl (C=O) groups is 1. The molecule has 118 valence electrons. The Bertz CT molecular complexity index is 614. The first-order valence-corrected chi connectivity index (χ1v) is 9.12. The maximum Gasteiger partial charge on any atom is 0.345 e. The van der Waals surface area contributed by atoms with E-state index in [1.807, 2.05) is 0 Å².